The molecule has 3 rings (SSSR count). The van der Waals surface area contributed by atoms with E-state index in [2.05, 4.69) is 20.6 Å². The number of nitrogens with zero attached hydrogens (tertiary/aromatic N) is 4. The Morgan fingerprint density at radius 2 is 1.82 bits per heavy atom. The molecule has 0 aliphatic heterocycles. The number of nitrogens with one attached hydrogen (secondary N) is 1. The fraction of sp³-hybridized carbons (Fsp3) is 0.214. The van der Waals surface area contributed by atoms with Crippen molar-refractivity contribution in [2.45, 2.75) is 0 Å². The van der Waals surface area contributed by atoms with Gasteiger partial charge in [0.15, 0.2) is 5.65 Å². The van der Waals surface area contributed by atoms with Crippen LogP contribution in [0.1, 0.15) is 0 Å². The van der Waals surface area contributed by atoms with Crippen LogP contribution < -0.4 is 19.5 Å². The van der Waals surface area contributed by atoms with Crippen molar-refractivity contribution in [1.82, 2.24) is 19.8 Å². The van der Waals surface area contributed by atoms with Crippen molar-refractivity contribution in [1.29, 1.82) is 0 Å². The number of fused-ring (bicyclic) bond motifs is 1. The smallest absolute Gasteiger partial charge is 0.250 e. The van der Waals surface area contributed by atoms with Crippen LogP contribution in [0.4, 0.5) is 11.6 Å². The van der Waals surface area contributed by atoms with E-state index in [0.717, 1.165) is 0 Å². The number of benzene rings is 1. The van der Waals surface area contributed by atoms with Gasteiger partial charge in [-0.15, -0.1) is 15.3 Å². The van der Waals surface area contributed by atoms with E-state index in [1.807, 2.05) is 6.07 Å². The predicted octanol–water partition coefficient (Wildman–Crippen LogP) is 1.89. The zero-order chi connectivity index (χ0) is 15.5. The van der Waals surface area contributed by atoms with Crippen molar-refractivity contribution in [2.24, 2.45) is 0 Å². The molecule has 3 aromatic rings. The summed E-state index contributed by atoms with van der Waals surface area (Å²) >= 11 is 0. The monoisotopic (exact) mass is 301 g/mol. The molecule has 0 amide bonds. The second-order valence-electron chi connectivity index (χ2n) is 4.36. The van der Waals surface area contributed by atoms with E-state index in [1.165, 1.54) is 0 Å². The summed E-state index contributed by atoms with van der Waals surface area (Å²) in [6, 6.07) is 8.92. The summed E-state index contributed by atoms with van der Waals surface area (Å²) in [6.45, 7) is 0. The van der Waals surface area contributed by atoms with E-state index in [4.69, 9.17) is 14.2 Å². The molecule has 0 aliphatic rings. The van der Waals surface area contributed by atoms with Gasteiger partial charge in [-0.2, -0.15) is 4.52 Å². The molecule has 0 atom stereocenters. The van der Waals surface area contributed by atoms with Crippen molar-refractivity contribution < 1.29 is 14.2 Å². The molecule has 2 heterocycles. The molecular formula is C14H15N5O3. The van der Waals surface area contributed by atoms with E-state index >= 15 is 0 Å². The SMILES string of the molecule is COc1ccc(OC)c(Nc2nnc3ccc(OC)nn23)c1. The van der Waals surface area contributed by atoms with Crippen LogP contribution in [0.3, 0.4) is 0 Å². The standard InChI is InChI=1S/C14H15N5O3/c1-20-9-4-5-11(21-2)10(8-9)15-14-17-16-12-6-7-13(22-3)18-19(12)14/h4-8H,1-3H3,(H,15,17). The minimum absolute atomic E-state index is 0.445. The van der Waals surface area contributed by atoms with E-state index in [-0.39, 0.29) is 0 Å². The molecule has 8 nitrogen and oxygen atoms in total. The van der Waals surface area contributed by atoms with Crippen LogP contribution in [0, 0.1) is 0 Å². The molecule has 1 aromatic carbocycles. The van der Waals surface area contributed by atoms with Gasteiger partial charge in [-0.3, -0.25) is 0 Å². The molecule has 0 saturated carbocycles. The number of ether oxygens (including phenoxy) is 3. The first-order valence-corrected chi connectivity index (χ1v) is 6.50. The number of anilines is 2. The lowest BCUT2D eigenvalue weighted by Gasteiger charge is -2.11. The quantitative estimate of drug-likeness (QED) is 0.770. The number of hydrogen-bond donors (Lipinski definition) is 1. The molecule has 0 fully saturated rings. The lowest BCUT2D eigenvalue weighted by atomic mass is 10.2. The molecule has 1 N–H and O–H groups in total. The summed E-state index contributed by atoms with van der Waals surface area (Å²) in [5, 5.41) is 15.6. The number of rotatable bonds is 5. The maximum atomic E-state index is 5.33. The molecule has 2 aromatic heterocycles. The van der Waals surface area contributed by atoms with E-state index in [9.17, 15) is 0 Å². The Labute approximate surface area is 126 Å². The molecule has 114 valence electrons. The lowest BCUT2D eigenvalue weighted by molar-refractivity contribution is 0.390. The summed E-state index contributed by atoms with van der Waals surface area (Å²) in [5.41, 5.74) is 1.30. The van der Waals surface area contributed by atoms with Crippen molar-refractivity contribution in [2.75, 3.05) is 26.6 Å². The van der Waals surface area contributed by atoms with Gasteiger partial charge in [0.1, 0.15) is 11.5 Å². The molecule has 0 radical (unpaired) electrons. The Kier molecular flexibility index (Phi) is 3.65. The third kappa shape index (κ3) is 2.46. The summed E-state index contributed by atoms with van der Waals surface area (Å²) in [7, 11) is 4.75. The zero-order valence-electron chi connectivity index (χ0n) is 12.4. The normalized spacial score (nSPS) is 10.5. The summed E-state index contributed by atoms with van der Waals surface area (Å²) in [5.74, 6) is 2.26. The number of methoxy groups -OCH3 is 3. The Hall–Kier alpha value is -3.03. The van der Waals surface area contributed by atoms with Crippen LogP contribution in [0.25, 0.3) is 5.65 Å². The highest BCUT2D eigenvalue weighted by atomic mass is 16.5. The molecule has 22 heavy (non-hydrogen) atoms. The maximum absolute atomic E-state index is 5.33. The van der Waals surface area contributed by atoms with Crippen molar-refractivity contribution in [3.8, 4) is 17.4 Å². The van der Waals surface area contributed by atoms with Crippen molar-refractivity contribution in [3.63, 3.8) is 0 Å². The van der Waals surface area contributed by atoms with Crippen molar-refractivity contribution in [3.05, 3.63) is 30.3 Å². The molecule has 0 bridgehead atoms. The van der Waals surface area contributed by atoms with E-state index in [0.29, 0.717) is 34.7 Å². The second kappa shape index (κ2) is 5.76. The molecule has 8 heteroatoms. The van der Waals surface area contributed by atoms with Gasteiger partial charge in [0.2, 0.25) is 5.88 Å². The fourth-order valence-corrected chi connectivity index (χ4v) is 1.99. The average molecular weight is 301 g/mol. The largest absolute Gasteiger partial charge is 0.497 e. The van der Waals surface area contributed by atoms with E-state index < -0.39 is 0 Å². The fourth-order valence-electron chi connectivity index (χ4n) is 1.99. The van der Waals surface area contributed by atoms with Crippen LogP contribution in [-0.4, -0.2) is 41.1 Å². The molecular weight excluding hydrogens is 286 g/mol. The first kappa shape index (κ1) is 13.9. The molecule has 0 saturated heterocycles. The first-order valence-electron chi connectivity index (χ1n) is 6.50. The van der Waals surface area contributed by atoms with Crippen LogP contribution in [0.15, 0.2) is 30.3 Å². The minimum Gasteiger partial charge on any atom is -0.497 e. The Morgan fingerprint density at radius 1 is 0.955 bits per heavy atom. The third-order valence-electron chi connectivity index (χ3n) is 3.10. The summed E-state index contributed by atoms with van der Waals surface area (Å²) in [4.78, 5) is 0. The Bertz CT molecular complexity index is 802. The Balaban J connectivity index is 2.02. The van der Waals surface area contributed by atoms with Gasteiger partial charge in [0.25, 0.3) is 5.95 Å². The number of aromatic nitrogens is 4. The van der Waals surface area contributed by atoms with Gasteiger partial charge in [0.05, 0.1) is 27.0 Å². The van der Waals surface area contributed by atoms with E-state index in [1.54, 1.807) is 50.1 Å². The van der Waals surface area contributed by atoms with Crippen LogP contribution in [0.5, 0.6) is 17.4 Å². The van der Waals surface area contributed by atoms with Crippen LogP contribution in [0.2, 0.25) is 0 Å². The lowest BCUT2D eigenvalue weighted by Crippen LogP contribution is -2.02. The third-order valence-corrected chi connectivity index (χ3v) is 3.10. The average Bonchev–Trinajstić information content (AvgIpc) is 2.96. The van der Waals surface area contributed by atoms with Crippen LogP contribution in [-0.2, 0) is 0 Å². The highest BCUT2D eigenvalue weighted by Crippen LogP contribution is 2.31. The van der Waals surface area contributed by atoms with Crippen molar-refractivity contribution >= 4 is 17.3 Å². The molecule has 0 aliphatic carbocycles. The highest BCUT2D eigenvalue weighted by molar-refractivity contribution is 5.66. The molecule has 0 spiro atoms. The van der Waals surface area contributed by atoms with Crippen LogP contribution >= 0.6 is 0 Å². The highest BCUT2D eigenvalue weighted by Gasteiger charge is 2.11. The predicted molar refractivity (Wildman–Crippen MR) is 80.2 cm³/mol. The van der Waals surface area contributed by atoms with Gasteiger partial charge >= 0.3 is 0 Å². The van der Waals surface area contributed by atoms with Gasteiger partial charge in [-0.1, -0.05) is 0 Å². The minimum atomic E-state index is 0.445. The van der Waals surface area contributed by atoms with Gasteiger partial charge in [0, 0.05) is 12.1 Å². The zero-order valence-corrected chi connectivity index (χ0v) is 12.4. The topological polar surface area (TPSA) is 82.8 Å². The Morgan fingerprint density at radius 3 is 2.55 bits per heavy atom. The maximum Gasteiger partial charge on any atom is 0.250 e. The van der Waals surface area contributed by atoms with Gasteiger partial charge in [-0.25, -0.2) is 0 Å². The summed E-state index contributed by atoms with van der Waals surface area (Å²) in [6.07, 6.45) is 0. The first-order chi connectivity index (χ1) is 10.7. The van der Waals surface area contributed by atoms with Gasteiger partial charge in [-0.05, 0) is 18.2 Å². The molecule has 0 unspecified atom stereocenters. The van der Waals surface area contributed by atoms with Gasteiger partial charge < -0.3 is 19.5 Å². The number of hydrogen-bond acceptors (Lipinski definition) is 7. The second-order valence-corrected chi connectivity index (χ2v) is 4.36. The summed E-state index contributed by atoms with van der Waals surface area (Å²) < 4.78 is 17.2.